The Morgan fingerprint density at radius 1 is 1.24 bits per heavy atom. The van der Waals surface area contributed by atoms with Crippen molar-refractivity contribution in [2.24, 2.45) is 0 Å². The molecule has 0 aromatic heterocycles. The van der Waals surface area contributed by atoms with Gasteiger partial charge in [-0.1, -0.05) is 0 Å². The zero-order valence-corrected chi connectivity index (χ0v) is 11.7. The normalized spacial score (nSPS) is 28.6. The first-order valence-electron chi connectivity index (χ1n) is 7.07. The topological polar surface area (TPSA) is 58.4 Å². The molecule has 0 amide bonds. The average Bonchev–Trinajstić information content (AvgIpc) is 2.63. The second-order valence-corrected chi connectivity index (χ2v) is 5.90. The minimum absolute atomic E-state index is 0.0112. The largest absolute Gasteiger partial charge is 0.380 e. The van der Waals surface area contributed by atoms with Crippen molar-refractivity contribution in [1.82, 2.24) is 4.90 Å². The number of hydrogen-bond acceptors (Lipinski definition) is 4. The summed E-state index contributed by atoms with van der Waals surface area (Å²) in [5.74, 6) is -1.93. The molecule has 2 atom stereocenters. The summed E-state index contributed by atoms with van der Waals surface area (Å²) < 4.78 is 27.1. The van der Waals surface area contributed by atoms with Gasteiger partial charge in [0.25, 0.3) is 0 Å². The number of benzene rings is 1. The summed E-state index contributed by atoms with van der Waals surface area (Å²) in [4.78, 5) is 12.3. The van der Waals surface area contributed by atoms with Crippen LogP contribution in [0.4, 0.5) is 20.2 Å². The van der Waals surface area contributed by atoms with E-state index in [0.717, 1.165) is 31.7 Å². The Labute approximate surface area is 121 Å². The van der Waals surface area contributed by atoms with Crippen molar-refractivity contribution >= 4 is 11.4 Å². The summed E-state index contributed by atoms with van der Waals surface area (Å²) in [7, 11) is 2.10. The number of hydrogen-bond donors (Lipinski definition) is 1. The number of nitrogens with one attached hydrogen (secondary N) is 1. The van der Waals surface area contributed by atoms with Gasteiger partial charge in [0, 0.05) is 30.3 Å². The zero-order chi connectivity index (χ0) is 15.1. The Morgan fingerprint density at radius 2 is 1.86 bits per heavy atom. The second-order valence-electron chi connectivity index (χ2n) is 5.90. The lowest BCUT2D eigenvalue weighted by molar-refractivity contribution is -0.387. The molecule has 2 bridgehead atoms. The Balaban J connectivity index is 1.79. The van der Waals surface area contributed by atoms with Crippen LogP contribution < -0.4 is 5.32 Å². The van der Waals surface area contributed by atoms with Gasteiger partial charge in [-0.2, -0.15) is 4.39 Å². The highest BCUT2D eigenvalue weighted by atomic mass is 19.1. The fraction of sp³-hybridized carbons (Fsp3) is 0.571. The third-order valence-electron chi connectivity index (χ3n) is 4.69. The molecule has 0 spiro atoms. The predicted octanol–water partition coefficient (Wildman–Crippen LogP) is 2.91. The predicted molar refractivity (Wildman–Crippen MR) is 74.2 cm³/mol. The Morgan fingerprint density at radius 3 is 2.43 bits per heavy atom. The highest BCUT2D eigenvalue weighted by Crippen LogP contribution is 2.36. The fourth-order valence-corrected chi connectivity index (χ4v) is 3.54. The van der Waals surface area contributed by atoms with Gasteiger partial charge in [0.1, 0.15) is 5.82 Å². The number of anilines is 1. The lowest BCUT2D eigenvalue weighted by Crippen LogP contribution is -2.44. The summed E-state index contributed by atoms with van der Waals surface area (Å²) in [6.07, 6.45) is 4.01. The van der Waals surface area contributed by atoms with E-state index in [1.807, 2.05) is 0 Å². The molecule has 3 rings (SSSR count). The van der Waals surface area contributed by atoms with Crippen molar-refractivity contribution in [2.75, 3.05) is 12.4 Å². The molecular weight excluding hydrogens is 280 g/mol. The van der Waals surface area contributed by atoms with Gasteiger partial charge in [-0.15, -0.1) is 0 Å². The number of nitro groups is 1. The van der Waals surface area contributed by atoms with Gasteiger partial charge in [-0.05, 0) is 32.7 Å². The number of nitro benzene ring substituents is 1. The summed E-state index contributed by atoms with van der Waals surface area (Å²) in [6, 6.07) is 2.53. The van der Waals surface area contributed by atoms with E-state index in [-0.39, 0.29) is 11.7 Å². The fourth-order valence-electron chi connectivity index (χ4n) is 3.54. The first-order chi connectivity index (χ1) is 9.95. The van der Waals surface area contributed by atoms with Crippen LogP contribution in [0.25, 0.3) is 0 Å². The molecule has 21 heavy (non-hydrogen) atoms. The molecule has 2 saturated heterocycles. The molecule has 0 saturated carbocycles. The monoisotopic (exact) mass is 297 g/mol. The third kappa shape index (κ3) is 2.57. The highest BCUT2D eigenvalue weighted by molar-refractivity contribution is 5.53. The van der Waals surface area contributed by atoms with E-state index in [2.05, 4.69) is 17.3 Å². The summed E-state index contributed by atoms with van der Waals surface area (Å²) in [5.41, 5.74) is -0.688. The van der Waals surface area contributed by atoms with Crippen LogP contribution >= 0.6 is 0 Å². The quantitative estimate of drug-likeness (QED) is 0.688. The van der Waals surface area contributed by atoms with Gasteiger partial charge in [-0.25, -0.2) is 4.39 Å². The third-order valence-corrected chi connectivity index (χ3v) is 4.69. The van der Waals surface area contributed by atoms with Crippen molar-refractivity contribution in [3.63, 3.8) is 0 Å². The molecule has 0 aliphatic carbocycles. The van der Waals surface area contributed by atoms with E-state index in [0.29, 0.717) is 18.2 Å². The number of rotatable bonds is 3. The Kier molecular flexibility index (Phi) is 3.52. The SMILES string of the molecule is CN1C2CCC1CC(Nc1cc([N+](=O)[O-])c(F)cc1F)C2. The molecule has 114 valence electrons. The zero-order valence-electron chi connectivity index (χ0n) is 11.7. The molecular formula is C14H17F2N3O2. The number of fused-ring (bicyclic) bond motifs is 2. The first-order valence-corrected chi connectivity index (χ1v) is 7.07. The highest BCUT2D eigenvalue weighted by Gasteiger charge is 2.38. The molecule has 1 aromatic rings. The van der Waals surface area contributed by atoms with E-state index in [1.165, 1.54) is 0 Å². The number of nitrogens with zero attached hydrogens (tertiary/aromatic N) is 2. The van der Waals surface area contributed by atoms with Crippen molar-refractivity contribution in [3.05, 3.63) is 33.9 Å². The Bertz CT molecular complexity index is 568. The lowest BCUT2D eigenvalue weighted by Gasteiger charge is -2.37. The molecule has 2 unspecified atom stereocenters. The van der Waals surface area contributed by atoms with Gasteiger partial charge in [-0.3, -0.25) is 10.1 Å². The maximum absolute atomic E-state index is 13.8. The Hall–Kier alpha value is -1.76. The summed E-state index contributed by atoms with van der Waals surface area (Å²) in [5, 5.41) is 13.8. The molecule has 1 N–H and O–H groups in total. The number of halogens is 2. The van der Waals surface area contributed by atoms with Gasteiger partial charge < -0.3 is 10.2 Å². The number of piperidine rings is 1. The van der Waals surface area contributed by atoms with E-state index in [4.69, 9.17) is 0 Å². The van der Waals surface area contributed by atoms with Crippen LogP contribution in [-0.4, -0.2) is 35.0 Å². The van der Waals surface area contributed by atoms with Crippen LogP contribution in [0.2, 0.25) is 0 Å². The van der Waals surface area contributed by atoms with Crippen LogP contribution in [-0.2, 0) is 0 Å². The van der Waals surface area contributed by atoms with Crippen LogP contribution in [0.3, 0.4) is 0 Å². The van der Waals surface area contributed by atoms with Crippen LogP contribution in [0.15, 0.2) is 12.1 Å². The molecule has 2 fully saturated rings. The van der Waals surface area contributed by atoms with Gasteiger partial charge >= 0.3 is 5.69 Å². The minimum Gasteiger partial charge on any atom is -0.380 e. The van der Waals surface area contributed by atoms with Crippen molar-refractivity contribution < 1.29 is 13.7 Å². The first kappa shape index (κ1) is 14.2. The molecule has 2 aliphatic rings. The van der Waals surface area contributed by atoms with Crippen molar-refractivity contribution in [1.29, 1.82) is 0 Å². The van der Waals surface area contributed by atoms with Crippen molar-refractivity contribution in [2.45, 2.75) is 43.8 Å². The maximum Gasteiger partial charge on any atom is 0.307 e. The second kappa shape index (κ2) is 5.22. The lowest BCUT2D eigenvalue weighted by atomic mass is 9.97. The standard InChI is InChI=1S/C14H17F2N3O2/c1-18-9-2-3-10(18)5-8(4-9)17-13-7-14(19(20)21)12(16)6-11(13)15/h6-10,17H,2-5H2,1H3. The molecule has 7 heteroatoms. The molecule has 2 aliphatic heterocycles. The van der Waals surface area contributed by atoms with Gasteiger partial charge in [0.05, 0.1) is 10.6 Å². The van der Waals surface area contributed by atoms with E-state index >= 15 is 0 Å². The van der Waals surface area contributed by atoms with Crippen LogP contribution in [0, 0.1) is 21.7 Å². The van der Waals surface area contributed by atoms with Crippen LogP contribution in [0.1, 0.15) is 25.7 Å². The summed E-state index contributed by atoms with van der Waals surface area (Å²) in [6.45, 7) is 0. The molecule has 0 radical (unpaired) electrons. The maximum atomic E-state index is 13.8. The van der Waals surface area contributed by atoms with Gasteiger partial charge in [0.2, 0.25) is 5.82 Å². The van der Waals surface area contributed by atoms with Gasteiger partial charge in [0.15, 0.2) is 0 Å². The summed E-state index contributed by atoms with van der Waals surface area (Å²) >= 11 is 0. The van der Waals surface area contributed by atoms with E-state index in [1.54, 1.807) is 0 Å². The molecule has 2 heterocycles. The van der Waals surface area contributed by atoms with E-state index < -0.39 is 22.2 Å². The average molecular weight is 297 g/mol. The molecule has 5 nitrogen and oxygen atoms in total. The minimum atomic E-state index is -1.15. The smallest absolute Gasteiger partial charge is 0.307 e. The van der Waals surface area contributed by atoms with E-state index in [9.17, 15) is 18.9 Å². The molecule has 1 aromatic carbocycles. The van der Waals surface area contributed by atoms with Crippen LogP contribution in [0.5, 0.6) is 0 Å². The van der Waals surface area contributed by atoms with Crippen molar-refractivity contribution in [3.8, 4) is 0 Å².